The van der Waals surface area contributed by atoms with Crippen molar-refractivity contribution < 1.29 is 24.1 Å². The Kier molecular flexibility index (Phi) is 5.28. The van der Waals surface area contributed by atoms with Crippen LogP contribution in [0.5, 0.6) is 11.5 Å². The summed E-state index contributed by atoms with van der Waals surface area (Å²) in [5.41, 5.74) is 0.756. The number of hydrogen-bond acceptors (Lipinski definition) is 6. The Labute approximate surface area is 153 Å². The van der Waals surface area contributed by atoms with Crippen LogP contribution in [0, 0.1) is 0 Å². The van der Waals surface area contributed by atoms with E-state index >= 15 is 0 Å². The van der Waals surface area contributed by atoms with Crippen molar-refractivity contribution in [2.24, 2.45) is 0 Å². The van der Waals surface area contributed by atoms with Gasteiger partial charge in [0.05, 0.1) is 13.2 Å². The van der Waals surface area contributed by atoms with Gasteiger partial charge in [-0.3, -0.25) is 14.6 Å². The molecule has 1 atom stereocenters. The molecule has 3 heterocycles. The summed E-state index contributed by atoms with van der Waals surface area (Å²) in [5, 5.41) is 9.86. The van der Waals surface area contributed by atoms with Crippen molar-refractivity contribution in [2.75, 3.05) is 52.6 Å². The van der Waals surface area contributed by atoms with Crippen LogP contribution in [-0.2, 0) is 9.53 Å². The lowest BCUT2D eigenvalue weighted by Gasteiger charge is -2.41. The third-order valence-corrected chi connectivity index (χ3v) is 5.54. The van der Waals surface area contributed by atoms with Crippen molar-refractivity contribution in [3.05, 3.63) is 23.8 Å². The highest BCUT2D eigenvalue weighted by Gasteiger charge is 2.33. The first kappa shape index (κ1) is 17.6. The molecule has 0 saturated carbocycles. The van der Waals surface area contributed by atoms with Gasteiger partial charge in [0.1, 0.15) is 19.3 Å². The first-order valence-electron chi connectivity index (χ1n) is 9.40. The Bertz CT molecular complexity index is 639. The van der Waals surface area contributed by atoms with Gasteiger partial charge < -0.3 is 19.3 Å². The third-order valence-electron chi connectivity index (χ3n) is 5.54. The minimum absolute atomic E-state index is 0.499. The highest BCUT2D eigenvalue weighted by atomic mass is 16.6. The Morgan fingerprint density at radius 2 is 1.69 bits per heavy atom. The first-order valence-corrected chi connectivity index (χ1v) is 9.40. The molecule has 0 unspecified atom stereocenters. The maximum atomic E-state index is 12.0. The van der Waals surface area contributed by atoms with Crippen molar-refractivity contribution in [3.8, 4) is 11.5 Å². The Morgan fingerprint density at radius 1 is 1.00 bits per heavy atom. The van der Waals surface area contributed by atoms with E-state index in [1.165, 1.54) is 0 Å². The molecule has 142 valence electrons. The molecule has 1 aromatic rings. The lowest BCUT2D eigenvalue weighted by molar-refractivity contribution is -0.144. The quantitative estimate of drug-likeness (QED) is 0.868. The molecular formula is C19H26N2O5. The number of fused-ring (bicyclic) bond motifs is 1. The van der Waals surface area contributed by atoms with Gasteiger partial charge >= 0.3 is 5.97 Å². The minimum Gasteiger partial charge on any atom is -0.486 e. The number of carboxylic acid groups (broad SMARTS) is 1. The van der Waals surface area contributed by atoms with Gasteiger partial charge in [-0.15, -0.1) is 0 Å². The van der Waals surface area contributed by atoms with Gasteiger partial charge in [-0.25, -0.2) is 0 Å². The Balaban J connectivity index is 1.45. The molecule has 1 aromatic carbocycles. The number of piperidine rings is 1. The molecule has 0 bridgehead atoms. The average Bonchev–Trinajstić information content (AvgIpc) is 2.69. The maximum Gasteiger partial charge on any atom is 0.325 e. The standard InChI is InChI=1S/C19H26N2O5/c22-19(23)18(14-1-2-16-17(13-14)26-12-11-25-16)21-5-3-15(4-6-21)20-7-9-24-10-8-20/h1-2,13,15,18H,3-12H2,(H,22,23)/t18-/m0/s1. The molecule has 0 radical (unpaired) electrons. The summed E-state index contributed by atoms with van der Waals surface area (Å²) >= 11 is 0. The van der Waals surface area contributed by atoms with Crippen LogP contribution in [0.15, 0.2) is 18.2 Å². The second-order valence-corrected chi connectivity index (χ2v) is 7.06. The fraction of sp³-hybridized carbons (Fsp3) is 0.632. The predicted molar refractivity (Wildman–Crippen MR) is 94.8 cm³/mol. The van der Waals surface area contributed by atoms with Gasteiger partial charge in [0.15, 0.2) is 11.5 Å². The molecule has 7 nitrogen and oxygen atoms in total. The number of carbonyl (C=O) groups is 1. The summed E-state index contributed by atoms with van der Waals surface area (Å²) < 4.78 is 16.6. The van der Waals surface area contributed by atoms with Gasteiger partial charge in [-0.05, 0) is 30.5 Å². The zero-order valence-electron chi connectivity index (χ0n) is 14.9. The molecule has 1 N–H and O–H groups in total. The van der Waals surface area contributed by atoms with Crippen molar-refractivity contribution in [1.82, 2.24) is 9.80 Å². The lowest BCUT2D eigenvalue weighted by Crippen LogP contribution is -2.50. The van der Waals surface area contributed by atoms with Crippen molar-refractivity contribution >= 4 is 5.97 Å². The number of aliphatic carboxylic acids is 1. The molecule has 4 rings (SSSR count). The molecular weight excluding hydrogens is 336 g/mol. The molecule has 3 aliphatic rings. The topological polar surface area (TPSA) is 71.5 Å². The molecule has 26 heavy (non-hydrogen) atoms. The fourth-order valence-corrected chi connectivity index (χ4v) is 4.19. The van der Waals surface area contributed by atoms with E-state index in [0.29, 0.717) is 30.8 Å². The predicted octanol–water partition coefficient (Wildman–Crippen LogP) is 1.38. The molecule has 3 aliphatic heterocycles. The highest BCUT2D eigenvalue weighted by Crippen LogP contribution is 2.35. The van der Waals surface area contributed by atoms with Gasteiger partial charge in [0.25, 0.3) is 0 Å². The zero-order chi connectivity index (χ0) is 17.9. The van der Waals surface area contributed by atoms with E-state index in [9.17, 15) is 9.90 Å². The smallest absolute Gasteiger partial charge is 0.325 e. The van der Waals surface area contributed by atoms with Crippen LogP contribution >= 0.6 is 0 Å². The van der Waals surface area contributed by atoms with Crippen LogP contribution in [0.25, 0.3) is 0 Å². The number of carboxylic acids is 1. The second kappa shape index (κ2) is 7.82. The highest BCUT2D eigenvalue weighted by molar-refractivity contribution is 5.76. The number of rotatable bonds is 4. The minimum atomic E-state index is -0.813. The SMILES string of the molecule is O=C(O)[C@H](c1ccc2c(c1)OCCO2)N1CCC(N2CCOCC2)CC1. The van der Waals surface area contributed by atoms with Crippen molar-refractivity contribution in [3.63, 3.8) is 0 Å². The molecule has 0 aliphatic carbocycles. The van der Waals surface area contributed by atoms with Crippen LogP contribution in [-0.4, -0.2) is 79.5 Å². The van der Waals surface area contributed by atoms with Crippen LogP contribution < -0.4 is 9.47 Å². The molecule has 0 amide bonds. The van der Waals surface area contributed by atoms with E-state index in [4.69, 9.17) is 14.2 Å². The zero-order valence-corrected chi connectivity index (χ0v) is 14.9. The fourth-order valence-electron chi connectivity index (χ4n) is 4.19. The van der Waals surface area contributed by atoms with Crippen LogP contribution in [0.3, 0.4) is 0 Å². The van der Waals surface area contributed by atoms with E-state index in [1.807, 2.05) is 18.2 Å². The lowest BCUT2D eigenvalue weighted by atomic mass is 9.97. The van der Waals surface area contributed by atoms with E-state index in [2.05, 4.69) is 9.80 Å². The van der Waals surface area contributed by atoms with E-state index in [0.717, 1.165) is 57.8 Å². The van der Waals surface area contributed by atoms with Gasteiger partial charge in [-0.1, -0.05) is 6.07 Å². The van der Waals surface area contributed by atoms with E-state index in [1.54, 1.807) is 0 Å². The largest absolute Gasteiger partial charge is 0.486 e. The normalized spacial score (nSPS) is 23.5. The summed E-state index contributed by atoms with van der Waals surface area (Å²) in [5.74, 6) is 0.518. The van der Waals surface area contributed by atoms with E-state index < -0.39 is 12.0 Å². The van der Waals surface area contributed by atoms with E-state index in [-0.39, 0.29) is 0 Å². The monoisotopic (exact) mass is 362 g/mol. The van der Waals surface area contributed by atoms with Crippen LogP contribution in [0.4, 0.5) is 0 Å². The van der Waals surface area contributed by atoms with Gasteiger partial charge in [0, 0.05) is 32.2 Å². The van der Waals surface area contributed by atoms with Crippen molar-refractivity contribution in [1.29, 1.82) is 0 Å². The van der Waals surface area contributed by atoms with Crippen LogP contribution in [0.1, 0.15) is 24.4 Å². The molecule has 2 saturated heterocycles. The number of benzene rings is 1. The summed E-state index contributed by atoms with van der Waals surface area (Å²) in [6, 6.07) is 5.38. The van der Waals surface area contributed by atoms with Gasteiger partial charge in [0.2, 0.25) is 0 Å². The van der Waals surface area contributed by atoms with Gasteiger partial charge in [-0.2, -0.15) is 0 Å². The molecule has 0 spiro atoms. The molecule has 2 fully saturated rings. The Hall–Kier alpha value is -1.83. The first-order chi connectivity index (χ1) is 12.7. The summed E-state index contributed by atoms with van der Waals surface area (Å²) in [6.07, 6.45) is 1.99. The number of likely N-dealkylation sites (tertiary alicyclic amines) is 1. The number of hydrogen-bond donors (Lipinski definition) is 1. The third kappa shape index (κ3) is 3.65. The van der Waals surface area contributed by atoms with Crippen molar-refractivity contribution in [2.45, 2.75) is 24.9 Å². The number of ether oxygens (including phenoxy) is 3. The summed E-state index contributed by atoms with van der Waals surface area (Å²) in [4.78, 5) is 16.6. The summed E-state index contributed by atoms with van der Waals surface area (Å²) in [6.45, 7) is 6.17. The molecule has 7 heteroatoms. The maximum absolute atomic E-state index is 12.0. The number of morpholine rings is 1. The number of nitrogens with zero attached hydrogens (tertiary/aromatic N) is 2. The Morgan fingerprint density at radius 3 is 2.38 bits per heavy atom. The average molecular weight is 362 g/mol. The molecule has 0 aromatic heterocycles. The van der Waals surface area contributed by atoms with Crippen LogP contribution in [0.2, 0.25) is 0 Å². The summed E-state index contributed by atoms with van der Waals surface area (Å²) in [7, 11) is 0. The second-order valence-electron chi connectivity index (χ2n) is 7.06.